The van der Waals surface area contributed by atoms with Gasteiger partial charge >= 0.3 is 11.9 Å². The molecule has 15 nitrogen and oxygen atoms in total. The highest BCUT2D eigenvalue weighted by Gasteiger charge is 2.39. The van der Waals surface area contributed by atoms with Crippen LogP contribution in [0.25, 0.3) is 0 Å². The van der Waals surface area contributed by atoms with Gasteiger partial charge < -0.3 is 47.0 Å². The number of hydrogen-bond donors (Lipinski definition) is 8. The molecule has 1 heterocycles. The van der Waals surface area contributed by atoms with Gasteiger partial charge in [0.1, 0.15) is 24.2 Å². The molecule has 15 heteroatoms. The second-order valence-electron chi connectivity index (χ2n) is 9.25. The third-order valence-electron chi connectivity index (χ3n) is 5.78. The smallest absolute Gasteiger partial charge is 0.328 e. The lowest BCUT2D eigenvalue weighted by Gasteiger charge is -2.30. The van der Waals surface area contributed by atoms with E-state index in [2.05, 4.69) is 16.0 Å². The number of carbonyl (C=O) groups is 6. The van der Waals surface area contributed by atoms with Gasteiger partial charge in [-0.25, -0.2) is 4.79 Å². The van der Waals surface area contributed by atoms with Crippen LogP contribution in [0.3, 0.4) is 0 Å². The zero-order valence-electron chi connectivity index (χ0n) is 20.9. The highest BCUT2D eigenvalue weighted by Crippen LogP contribution is 2.19. The van der Waals surface area contributed by atoms with Gasteiger partial charge in [0, 0.05) is 13.0 Å². The zero-order valence-corrected chi connectivity index (χ0v) is 20.9. The van der Waals surface area contributed by atoms with Gasteiger partial charge in [0.2, 0.25) is 23.6 Å². The molecule has 0 aromatic rings. The van der Waals surface area contributed by atoms with Gasteiger partial charge in [-0.3, -0.25) is 24.0 Å². The van der Waals surface area contributed by atoms with E-state index in [1.165, 1.54) is 0 Å². The first-order valence-corrected chi connectivity index (χ1v) is 12.0. The molecule has 1 fully saturated rings. The van der Waals surface area contributed by atoms with E-state index >= 15 is 0 Å². The van der Waals surface area contributed by atoms with Crippen LogP contribution in [-0.2, 0) is 28.8 Å². The normalized spacial score (nSPS) is 18.4. The Balaban J connectivity index is 2.92. The summed E-state index contributed by atoms with van der Waals surface area (Å²) in [5.41, 5.74) is 5.65. The fourth-order valence-electron chi connectivity index (χ4n) is 3.81. The Bertz CT molecular complexity index is 852. The second kappa shape index (κ2) is 15.1. The van der Waals surface area contributed by atoms with Crippen molar-refractivity contribution in [1.29, 1.82) is 0 Å². The molecular weight excluding hydrogens is 494 g/mol. The number of carbonyl (C=O) groups excluding carboxylic acids is 4. The van der Waals surface area contributed by atoms with Crippen LogP contribution in [0.5, 0.6) is 0 Å². The van der Waals surface area contributed by atoms with Gasteiger partial charge in [0.05, 0.1) is 19.3 Å². The van der Waals surface area contributed by atoms with Crippen LogP contribution in [0.15, 0.2) is 0 Å². The maximum atomic E-state index is 13.1. The summed E-state index contributed by atoms with van der Waals surface area (Å²) >= 11 is 0. The number of rotatable bonds is 15. The molecule has 4 amide bonds. The average Bonchev–Trinajstić information content (AvgIpc) is 3.32. The summed E-state index contributed by atoms with van der Waals surface area (Å²) in [5, 5.41) is 43.6. The van der Waals surface area contributed by atoms with Crippen molar-refractivity contribution >= 4 is 35.6 Å². The standard InChI is InChI=1S/C22H37N5O10/c1-11(2)8-13(19(33)26-15(10-29)22(36)37)24-20(34)16-4-3-7-27(16)21(35)14(9-28)25-18(32)12(23)5-6-17(30)31/h11-16,28-29H,3-10,23H2,1-2H3,(H,24,34)(H,25,32)(H,26,33)(H,30,31)(H,36,37)/t12-,13-,14-,15-,16-/m0/s1. The molecule has 1 aliphatic rings. The van der Waals surface area contributed by atoms with Crippen LogP contribution in [-0.4, -0.2) is 111 Å². The van der Waals surface area contributed by atoms with Gasteiger partial charge in [-0.05, 0) is 31.6 Å². The molecule has 5 atom stereocenters. The van der Waals surface area contributed by atoms with Gasteiger partial charge in [-0.2, -0.15) is 0 Å². The molecule has 0 aromatic carbocycles. The maximum absolute atomic E-state index is 13.1. The van der Waals surface area contributed by atoms with Crippen molar-refractivity contribution in [2.24, 2.45) is 11.7 Å². The minimum Gasteiger partial charge on any atom is -0.481 e. The van der Waals surface area contributed by atoms with Gasteiger partial charge in [0.25, 0.3) is 0 Å². The van der Waals surface area contributed by atoms with Crippen molar-refractivity contribution in [2.45, 2.75) is 76.2 Å². The summed E-state index contributed by atoms with van der Waals surface area (Å²) in [6.45, 7) is 2.07. The van der Waals surface area contributed by atoms with E-state index in [0.29, 0.717) is 6.42 Å². The molecule has 210 valence electrons. The van der Waals surface area contributed by atoms with Crippen LogP contribution in [0.4, 0.5) is 0 Å². The Kier molecular flexibility index (Phi) is 12.9. The van der Waals surface area contributed by atoms with Crippen LogP contribution in [0.2, 0.25) is 0 Å². The highest BCUT2D eigenvalue weighted by atomic mass is 16.4. The molecule has 0 bridgehead atoms. The van der Waals surface area contributed by atoms with Crippen molar-refractivity contribution in [3.05, 3.63) is 0 Å². The summed E-state index contributed by atoms with van der Waals surface area (Å²) in [5.74, 6) is -5.75. The predicted octanol–water partition coefficient (Wildman–Crippen LogP) is -3.26. The number of carboxylic acid groups (broad SMARTS) is 2. The summed E-state index contributed by atoms with van der Waals surface area (Å²) in [6, 6.07) is -6.36. The molecular formula is C22H37N5O10. The number of carboxylic acids is 2. The van der Waals surface area contributed by atoms with Crippen molar-refractivity contribution < 1.29 is 49.2 Å². The first-order chi connectivity index (χ1) is 17.3. The SMILES string of the molecule is CC(C)C[C@H](NC(=O)[C@@H]1CCCN1C(=O)[C@H](CO)NC(=O)[C@@H](N)CCC(=O)O)C(=O)N[C@@H](CO)C(=O)O. The molecule has 1 rings (SSSR count). The molecule has 0 aliphatic carbocycles. The van der Waals surface area contributed by atoms with Gasteiger partial charge in [-0.1, -0.05) is 13.8 Å². The molecule has 1 aliphatic heterocycles. The summed E-state index contributed by atoms with van der Waals surface area (Å²) < 4.78 is 0. The molecule has 0 saturated carbocycles. The number of aliphatic hydroxyl groups is 2. The zero-order chi connectivity index (χ0) is 28.3. The van der Waals surface area contributed by atoms with Crippen molar-refractivity contribution in [2.75, 3.05) is 19.8 Å². The second-order valence-corrected chi connectivity index (χ2v) is 9.25. The minimum absolute atomic E-state index is 0.0749. The first kappa shape index (κ1) is 31.7. The van der Waals surface area contributed by atoms with E-state index in [4.69, 9.17) is 15.9 Å². The predicted molar refractivity (Wildman–Crippen MR) is 127 cm³/mol. The van der Waals surface area contributed by atoms with Crippen LogP contribution in [0, 0.1) is 5.92 Å². The molecule has 9 N–H and O–H groups in total. The third-order valence-corrected chi connectivity index (χ3v) is 5.78. The van der Waals surface area contributed by atoms with E-state index in [-0.39, 0.29) is 38.1 Å². The molecule has 37 heavy (non-hydrogen) atoms. The quantitative estimate of drug-likeness (QED) is 0.104. The lowest BCUT2D eigenvalue weighted by atomic mass is 10.0. The number of aliphatic hydroxyl groups excluding tert-OH is 2. The van der Waals surface area contributed by atoms with E-state index in [1.807, 2.05) is 0 Å². The Morgan fingerprint density at radius 2 is 1.51 bits per heavy atom. The molecule has 0 unspecified atom stereocenters. The number of aliphatic carboxylic acids is 2. The Labute approximate surface area is 213 Å². The summed E-state index contributed by atoms with van der Waals surface area (Å²) in [7, 11) is 0. The lowest BCUT2D eigenvalue weighted by Crippen LogP contribution is -2.59. The van der Waals surface area contributed by atoms with E-state index < -0.39 is 79.0 Å². The highest BCUT2D eigenvalue weighted by molar-refractivity contribution is 5.95. The Hall–Kier alpha value is -3.30. The van der Waals surface area contributed by atoms with Crippen LogP contribution >= 0.6 is 0 Å². The summed E-state index contributed by atoms with van der Waals surface area (Å²) in [6.07, 6.45) is 0.282. The third kappa shape index (κ3) is 9.93. The van der Waals surface area contributed by atoms with E-state index in [0.717, 1.165) is 4.90 Å². The van der Waals surface area contributed by atoms with E-state index in [1.54, 1.807) is 13.8 Å². The fraction of sp³-hybridized carbons (Fsp3) is 0.727. The number of likely N-dealkylation sites (tertiary alicyclic amines) is 1. The minimum atomic E-state index is -1.56. The van der Waals surface area contributed by atoms with Crippen molar-refractivity contribution in [1.82, 2.24) is 20.9 Å². The average molecular weight is 532 g/mol. The lowest BCUT2D eigenvalue weighted by molar-refractivity contribution is -0.144. The number of nitrogens with one attached hydrogen (secondary N) is 3. The molecule has 0 aromatic heterocycles. The first-order valence-electron chi connectivity index (χ1n) is 12.0. The number of nitrogens with zero attached hydrogens (tertiary/aromatic N) is 1. The number of hydrogen-bond acceptors (Lipinski definition) is 9. The van der Waals surface area contributed by atoms with Gasteiger partial charge in [-0.15, -0.1) is 0 Å². The molecule has 0 spiro atoms. The monoisotopic (exact) mass is 531 g/mol. The molecule has 1 saturated heterocycles. The fourth-order valence-corrected chi connectivity index (χ4v) is 3.81. The number of nitrogens with two attached hydrogens (primary N) is 1. The van der Waals surface area contributed by atoms with Crippen LogP contribution in [0.1, 0.15) is 46.0 Å². The summed E-state index contributed by atoms with van der Waals surface area (Å²) in [4.78, 5) is 74.0. The van der Waals surface area contributed by atoms with Gasteiger partial charge in [0.15, 0.2) is 0 Å². The maximum Gasteiger partial charge on any atom is 0.328 e. The Morgan fingerprint density at radius 3 is 2.03 bits per heavy atom. The molecule has 0 radical (unpaired) electrons. The largest absolute Gasteiger partial charge is 0.481 e. The van der Waals surface area contributed by atoms with Crippen molar-refractivity contribution in [3.8, 4) is 0 Å². The van der Waals surface area contributed by atoms with Crippen LogP contribution < -0.4 is 21.7 Å². The number of amides is 4. The topological polar surface area (TPSA) is 249 Å². The van der Waals surface area contributed by atoms with E-state index in [9.17, 15) is 39.0 Å². The Morgan fingerprint density at radius 1 is 0.919 bits per heavy atom. The van der Waals surface area contributed by atoms with Crippen molar-refractivity contribution in [3.63, 3.8) is 0 Å².